The molecule has 1 atom stereocenters. The fourth-order valence-electron chi connectivity index (χ4n) is 3.15. The van der Waals surface area contributed by atoms with Crippen LogP contribution in [0, 0.1) is 0 Å². The van der Waals surface area contributed by atoms with Gasteiger partial charge in [0.25, 0.3) is 0 Å². The second kappa shape index (κ2) is 7.44. The van der Waals surface area contributed by atoms with Crippen LogP contribution in [0.4, 0.5) is 5.69 Å². The molecular formula is C19H17BrClN3S. The lowest BCUT2D eigenvalue weighted by atomic mass is 9.93. The first-order valence-electron chi connectivity index (χ1n) is 8.28. The van der Waals surface area contributed by atoms with E-state index in [2.05, 4.69) is 43.4 Å². The molecule has 128 valence electrons. The number of anilines is 1. The van der Waals surface area contributed by atoms with Gasteiger partial charge in [-0.2, -0.15) is 0 Å². The lowest BCUT2D eigenvalue weighted by Crippen LogP contribution is -2.00. The maximum atomic E-state index is 6.28. The second-order valence-corrected chi connectivity index (χ2v) is 8.37. The number of nitrogens with one attached hydrogen (secondary N) is 1. The average molecular weight is 435 g/mol. The zero-order chi connectivity index (χ0) is 17.2. The quantitative estimate of drug-likeness (QED) is 0.374. The molecule has 1 N–H and O–H groups in total. The summed E-state index contributed by atoms with van der Waals surface area (Å²) >= 11 is 11.9. The minimum Gasteiger partial charge on any atom is -0.380 e. The number of thiophene rings is 1. The van der Waals surface area contributed by atoms with Crippen LogP contribution in [0.5, 0.6) is 0 Å². The summed E-state index contributed by atoms with van der Waals surface area (Å²) in [7, 11) is 0. The largest absolute Gasteiger partial charge is 0.380 e. The minimum atomic E-state index is 0.512. The van der Waals surface area contributed by atoms with Crippen LogP contribution in [-0.2, 0) is 6.54 Å². The maximum Gasteiger partial charge on any atom is 0.131 e. The highest BCUT2D eigenvalue weighted by Crippen LogP contribution is 2.45. The van der Waals surface area contributed by atoms with Crippen molar-refractivity contribution in [3.8, 4) is 0 Å². The summed E-state index contributed by atoms with van der Waals surface area (Å²) in [6.45, 7) is 0.731. The number of hydrogen-bond donors (Lipinski definition) is 1. The van der Waals surface area contributed by atoms with Crippen molar-refractivity contribution in [2.75, 3.05) is 5.32 Å². The number of aromatic nitrogens is 2. The minimum absolute atomic E-state index is 0.512. The van der Waals surface area contributed by atoms with E-state index >= 15 is 0 Å². The van der Waals surface area contributed by atoms with Crippen LogP contribution in [0.25, 0.3) is 10.2 Å². The van der Waals surface area contributed by atoms with E-state index in [1.807, 2.05) is 41.9 Å². The van der Waals surface area contributed by atoms with Crippen molar-refractivity contribution < 1.29 is 0 Å². The Morgan fingerprint density at radius 3 is 2.88 bits per heavy atom. The molecule has 1 unspecified atom stereocenters. The van der Waals surface area contributed by atoms with Crippen LogP contribution in [0.3, 0.4) is 0 Å². The smallest absolute Gasteiger partial charge is 0.131 e. The van der Waals surface area contributed by atoms with Crippen LogP contribution >= 0.6 is 38.9 Å². The van der Waals surface area contributed by atoms with E-state index in [1.54, 1.807) is 0 Å². The van der Waals surface area contributed by atoms with Crippen molar-refractivity contribution in [3.63, 3.8) is 0 Å². The highest BCUT2D eigenvalue weighted by molar-refractivity contribution is 9.10. The van der Waals surface area contributed by atoms with E-state index in [0.29, 0.717) is 11.1 Å². The summed E-state index contributed by atoms with van der Waals surface area (Å²) in [5.74, 6) is 0.561. The Bertz CT molecular complexity index is 923. The Balaban J connectivity index is 1.70. The molecule has 0 fully saturated rings. The molecule has 25 heavy (non-hydrogen) atoms. The number of hydrogen-bond acceptors (Lipinski definition) is 4. The zero-order valence-corrected chi connectivity index (χ0v) is 16.7. The lowest BCUT2D eigenvalue weighted by Gasteiger charge is -2.16. The summed E-state index contributed by atoms with van der Waals surface area (Å²) in [6.07, 6.45) is 11.6. The normalized spacial score (nSPS) is 17.1. The fourth-order valence-corrected chi connectivity index (χ4v) is 5.60. The molecule has 0 amide bonds. The number of halogens is 2. The number of allylic oxidation sites excluding steroid dienone is 2. The van der Waals surface area contributed by atoms with Gasteiger partial charge in [0.05, 0.1) is 20.4 Å². The first-order chi connectivity index (χ1) is 12.2. The third-order valence-corrected chi connectivity index (χ3v) is 7.08. The lowest BCUT2D eigenvalue weighted by molar-refractivity contribution is 0.625. The van der Waals surface area contributed by atoms with E-state index in [1.165, 1.54) is 16.9 Å². The van der Waals surface area contributed by atoms with Crippen molar-refractivity contribution in [3.05, 3.63) is 62.8 Å². The maximum absolute atomic E-state index is 6.28. The number of rotatable bonds is 4. The van der Waals surface area contributed by atoms with E-state index in [9.17, 15) is 0 Å². The predicted molar refractivity (Wildman–Crippen MR) is 110 cm³/mol. The molecule has 3 aromatic heterocycles. The van der Waals surface area contributed by atoms with Gasteiger partial charge in [-0.3, -0.25) is 4.98 Å². The Kier molecular flexibility index (Phi) is 5.06. The van der Waals surface area contributed by atoms with Gasteiger partial charge in [-0.05, 0) is 58.8 Å². The third kappa shape index (κ3) is 3.59. The average Bonchev–Trinajstić information content (AvgIpc) is 2.98. The molecule has 6 heteroatoms. The molecule has 0 bridgehead atoms. The Labute approximate surface area is 164 Å². The van der Waals surface area contributed by atoms with Gasteiger partial charge in [0.15, 0.2) is 0 Å². The first-order valence-corrected chi connectivity index (χ1v) is 10.3. The zero-order valence-electron chi connectivity index (χ0n) is 13.5. The summed E-state index contributed by atoms with van der Waals surface area (Å²) in [4.78, 5) is 10.0. The number of nitrogens with zero attached hydrogens (tertiary/aromatic N) is 2. The Morgan fingerprint density at radius 1 is 1.28 bits per heavy atom. The van der Waals surface area contributed by atoms with Gasteiger partial charge < -0.3 is 5.32 Å². The van der Waals surface area contributed by atoms with Crippen molar-refractivity contribution in [1.29, 1.82) is 0 Å². The van der Waals surface area contributed by atoms with E-state index in [4.69, 9.17) is 11.6 Å². The van der Waals surface area contributed by atoms with E-state index < -0.39 is 0 Å². The van der Waals surface area contributed by atoms with Gasteiger partial charge in [-0.25, -0.2) is 4.98 Å². The van der Waals surface area contributed by atoms with Crippen LogP contribution in [0.1, 0.15) is 35.6 Å². The molecule has 3 aromatic rings. The van der Waals surface area contributed by atoms with Crippen molar-refractivity contribution >= 4 is 54.8 Å². The molecule has 3 nitrogen and oxygen atoms in total. The summed E-state index contributed by atoms with van der Waals surface area (Å²) in [6, 6.07) is 5.94. The molecule has 0 spiro atoms. The summed E-state index contributed by atoms with van der Waals surface area (Å²) in [5.41, 5.74) is 3.18. The highest BCUT2D eigenvalue weighted by Gasteiger charge is 2.22. The van der Waals surface area contributed by atoms with Crippen molar-refractivity contribution in [2.24, 2.45) is 0 Å². The van der Waals surface area contributed by atoms with Crippen molar-refractivity contribution in [2.45, 2.75) is 31.7 Å². The highest BCUT2D eigenvalue weighted by atomic mass is 79.9. The van der Waals surface area contributed by atoms with Crippen LogP contribution < -0.4 is 5.32 Å². The fraction of sp³-hybridized carbons (Fsp3) is 0.263. The topological polar surface area (TPSA) is 37.8 Å². The number of fused-ring (bicyclic) bond motifs is 1. The molecule has 1 aliphatic carbocycles. The molecule has 0 aliphatic heterocycles. The monoisotopic (exact) mass is 433 g/mol. The molecular weight excluding hydrogens is 418 g/mol. The van der Waals surface area contributed by atoms with Gasteiger partial charge in [0.2, 0.25) is 0 Å². The van der Waals surface area contributed by atoms with Gasteiger partial charge in [0, 0.05) is 29.9 Å². The summed E-state index contributed by atoms with van der Waals surface area (Å²) in [5, 5.41) is 4.02. The molecule has 0 radical (unpaired) electrons. The van der Waals surface area contributed by atoms with Gasteiger partial charge in [-0.1, -0.05) is 23.8 Å². The first kappa shape index (κ1) is 17.0. The summed E-state index contributed by atoms with van der Waals surface area (Å²) < 4.78 is 2.26. The van der Waals surface area contributed by atoms with E-state index in [-0.39, 0.29) is 0 Å². The second-order valence-electron chi connectivity index (χ2n) is 6.14. The number of pyridine rings is 2. The Hall–Kier alpha value is -1.43. The molecule has 4 rings (SSSR count). The Morgan fingerprint density at radius 2 is 2.12 bits per heavy atom. The molecule has 0 aromatic carbocycles. The molecule has 1 aliphatic rings. The van der Waals surface area contributed by atoms with Crippen LogP contribution in [0.15, 0.2) is 47.2 Å². The van der Waals surface area contributed by atoms with Gasteiger partial charge in [-0.15, -0.1) is 11.3 Å². The molecule has 0 saturated carbocycles. The molecule has 3 heterocycles. The van der Waals surface area contributed by atoms with Crippen LogP contribution in [-0.4, -0.2) is 9.97 Å². The van der Waals surface area contributed by atoms with Gasteiger partial charge in [0.1, 0.15) is 5.15 Å². The van der Waals surface area contributed by atoms with Crippen molar-refractivity contribution in [1.82, 2.24) is 9.97 Å². The predicted octanol–water partition coefficient (Wildman–Crippen LogP) is 6.54. The third-order valence-electron chi connectivity index (χ3n) is 4.45. The van der Waals surface area contributed by atoms with Crippen LogP contribution in [0.2, 0.25) is 5.15 Å². The molecule has 0 saturated heterocycles. The van der Waals surface area contributed by atoms with Gasteiger partial charge >= 0.3 is 0 Å². The van der Waals surface area contributed by atoms with E-state index in [0.717, 1.165) is 39.8 Å². The standard InChI is InChI=1S/C19H17BrClN3S/c20-16-17-19(25-18(16)13-4-2-1-3-5-13)14(10-15(21)24-17)23-11-12-6-8-22-9-7-12/h1-2,6-10,13H,3-5,11H2,(H,23,24). The SMILES string of the molecule is Clc1cc(NCc2ccncc2)c2sc(C3CC=CCC3)c(Br)c2n1.